The van der Waals surface area contributed by atoms with Gasteiger partial charge in [-0.05, 0) is 36.1 Å². The molecule has 0 saturated carbocycles. The molecule has 0 saturated heterocycles. The van der Waals surface area contributed by atoms with Crippen LogP contribution in [0.4, 0.5) is 11.4 Å². The van der Waals surface area contributed by atoms with Gasteiger partial charge in [0, 0.05) is 0 Å². The minimum atomic E-state index is -1.08. The number of carboxylic acids is 1. The van der Waals surface area contributed by atoms with Gasteiger partial charge >= 0.3 is 5.97 Å². The van der Waals surface area contributed by atoms with Gasteiger partial charge in [0.25, 0.3) is 5.91 Å². The van der Waals surface area contributed by atoms with Crippen molar-refractivity contribution in [2.75, 3.05) is 11.1 Å². The van der Waals surface area contributed by atoms with Crippen molar-refractivity contribution in [3.8, 4) is 0 Å². The number of aryl methyl sites for hydroxylation is 1. The molecule has 0 unspecified atom stereocenters. The van der Waals surface area contributed by atoms with Gasteiger partial charge in [-0.15, -0.1) is 11.3 Å². The van der Waals surface area contributed by atoms with E-state index in [2.05, 4.69) is 5.32 Å². The molecule has 0 atom stereocenters. The second-order valence-corrected chi connectivity index (χ2v) is 5.38. The second-order valence-electron chi connectivity index (χ2n) is 4.12. The first-order valence-electron chi connectivity index (χ1n) is 5.58. The molecule has 104 valence electrons. The van der Waals surface area contributed by atoms with E-state index in [1.165, 1.54) is 29.5 Å². The van der Waals surface area contributed by atoms with E-state index in [1.807, 2.05) is 6.92 Å². The molecule has 0 spiro atoms. The van der Waals surface area contributed by atoms with E-state index < -0.39 is 5.97 Å². The van der Waals surface area contributed by atoms with Crippen LogP contribution in [-0.2, 0) is 0 Å². The summed E-state index contributed by atoms with van der Waals surface area (Å²) in [6.07, 6.45) is 0. The summed E-state index contributed by atoms with van der Waals surface area (Å²) in [6, 6.07) is 4.11. The predicted octanol–water partition coefficient (Wildman–Crippen LogP) is 3.24. The quantitative estimate of drug-likeness (QED) is 0.759. The molecular weight excluding hydrogens is 300 g/mol. The Balaban J connectivity index is 2.24. The summed E-state index contributed by atoms with van der Waals surface area (Å²) in [7, 11) is 0. The van der Waals surface area contributed by atoms with Crippen molar-refractivity contribution in [2.24, 2.45) is 0 Å². The Hall–Kier alpha value is -2.05. The van der Waals surface area contributed by atoms with Crippen LogP contribution in [0.1, 0.15) is 25.6 Å². The number of rotatable bonds is 3. The van der Waals surface area contributed by atoms with Crippen LogP contribution in [0.15, 0.2) is 23.6 Å². The Kier molecular flexibility index (Phi) is 3.96. The molecule has 5 nitrogen and oxygen atoms in total. The van der Waals surface area contributed by atoms with Gasteiger partial charge in [0.2, 0.25) is 0 Å². The number of amides is 1. The maximum absolute atomic E-state index is 12.1. The number of benzene rings is 1. The molecule has 1 aromatic carbocycles. The number of carbonyl (C=O) groups is 2. The van der Waals surface area contributed by atoms with Crippen molar-refractivity contribution < 1.29 is 14.7 Å². The first-order chi connectivity index (χ1) is 9.40. The number of hydrogen-bond donors (Lipinski definition) is 3. The number of nitrogen functional groups attached to an aromatic ring is 1. The number of hydrogen-bond acceptors (Lipinski definition) is 4. The van der Waals surface area contributed by atoms with E-state index in [0.29, 0.717) is 15.6 Å². The van der Waals surface area contributed by atoms with Gasteiger partial charge in [-0.3, -0.25) is 4.79 Å². The summed E-state index contributed by atoms with van der Waals surface area (Å²) in [5.74, 6) is -1.45. The zero-order valence-corrected chi connectivity index (χ0v) is 12.0. The zero-order valence-electron chi connectivity index (χ0n) is 10.4. The molecule has 0 aliphatic heterocycles. The minimum Gasteiger partial charge on any atom is -0.478 e. The van der Waals surface area contributed by atoms with E-state index in [0.717, 1.165) is 5.56 Å². The highest BCUT2D eigenvalue weighted by molar-refractivity contribution is 7.13. The third kappa shape index (κ3) is 2.76. The summed E-state index contributed by atoms with van der Waals surface area (Å²) in [4.78, 5) is 23.3. The summed E-state index contributed by atoms with van der Waals surface area (Å²) in [5, 5.41) is 13.7. The maximum atomic E-state index is 12.1. The van der Waals surface area contributed by atoms with E-state index in [-0.39, 0.29) is 17.2 Å². The highest BCUT2D eigenvalue weighted by Crippen LogP contribution is 2.29. The van der Waals surface area contributed by atoms with Crippen molar-refractivity contribution >= 4 is 46.2 Å². The lowest BCUT2D eigenvalue weighted by atomic mass is 10.1. The molecular formula is C13H11ClN2O3S. The lowest BCUT2D eigenvalue weighted by molar-refractivity contribution is 0.0697. The van der Waals surface area contributed by atoms with Gasteiger partial charge in [-0.25, -0.2) is 4.79 Å². The largest absolute Gasteiger partial charge is 0.478 e. The van der Waals surface area contributed by atoms with Gasteiger partial charge in [-0.1, -0.05) is 11.6 Å². The van der Waals surface area contributed by atoms with Crippen LogP contribution in [-0.4, -0.2) is 17.0 Å². The fourth-order valence-corrected chi connectivity index (χ4v) is 2.75. The molecule has 0 aliphatic carbocycles. The molecule has 0 bridgehead atoms. The molecule has 0 aliphatic rings. The number of thiophene rings is 1. The number of nitrogens with two attached hydrogens (primary N) is 1. The first kappa shape index (κ1) is 14.4. The maximum Gasteiger partial charge on any atom is 0.335 e. The molecule has 7 heteroatoms. The molecule has 4 N–H and O–H groups in total. The van der Waals surface area contributed by atoms with Gasteiger partial charge in [0.15, 0.2) is 0 Å². The molecule has 1 heterocycles. The van der Waals surface area contributed by atoms with Crippen LogP contribution in [0.25, 0.3) is 0 Å². The van der Waals surface area contributed by atoms with Gasteiger partial charge in [0.05, 0.1) is 22.0 Å². The summed E-state index contributed by atoms with van der Waals surface area (Å²) in [5.41, 5.74) is 7.14. The van der Waals surface area contributed by atoms with E-state index in [4.69, 9.17) is 22.4 Å². The number of halogens is 1. The molecule has 0 fully saturated rings. The molecule has 1 aromatic heterocycles. The molecule has 0 radical (unpaired) electrons. The van der Waals surface area contributed by atoms with Crippen molar-refractivity contribution in [3.63, 3.8) is 0 Å². The van der Waals surface area contributed by atoms with E-state index in [1.54, 1.807) is 5.38 Å². The number of nitrogens with one attached hydrogen (secondary N) is 1. The van der Waals surface area contributed by atoms with Crippen molar-refractivity contribution in [1.29, 1.82) is 0 Å². The lowest BCUT2D eigenvalue weighted by Crippen LogP contribution is -2.12. The van der Waals surface area contributed by atoms with Crippen LogP contribution in [0, 0.1) is 6.92 Å². The van der Waals surface area contributed by atoms with Crippen LogP contribution in [0.3, 0.4) is 0 Å². The molecule has 2 aromatic rings. The number of anilines is 2. The van der Waals surface area contributed by atoms with Crippen LogP contribution in [0.5, 0.6) is 0 Å². The summed E-state index contributed by atoms with van der Waals surface area (Å²) < 4.78 is 0. The van der Waals surface area contributed by atoms with Gasteiger partial charge in [0.1, 0.15) is 4.88 Å². The molecule has 2 rings (SSSR count). The lowest BCUT2D eigenvalue weighted by Gasteiger charge is -2.08. The first-order valence-corrected chi connectivity index (χ1v) is 6.83. The molecule has 1 amide bonds. The fraction of sp³-hybridized carbons (Fsp3) is 0.0769. The second kappa shape index (κ2) is 5.52. The zero-order chi connectivity index (χ0) is 14.9. The smallest absolute Gasteiger partial charge is 0.335 e. The van der Waals surface area contributed by atoms with Crippen molar-refractivity contribution in [2.45, 2.75) is 6.92 Å². The highest BCUT2D eigenvalue weighted by Gasteiger charge is 2.16. The topological polar surface area (TPSA) is 92.4 Å². The Labute approximate surface area is 124 Å². The van der Waals surface area contributed by atoms with Gasteiger partial charge in [-0.2, -0.15) is 0 Å². The molecule has 20 heavy (non-hydrogen) atoms. The number of aromatic carboxylic acids is 1. The SMILES string of the molecule is Cc1csc(C(=O)Nc2ccc(C(=O)O)cc2N)c1Cl. The minimum absolute atomic E-state index is 0.0606. The Bertz CT molecular complexity index is 697. The predicted molar refractivity (Wildman–Crippen MR) is 79.8 cm³/mol. The third-order valence-electron chi connectivity index (χ3n) is 2.65. The highest BCUT2D eigenvalue weighted by atomic mass is 35.5. The van der Waals surface area contributed by atoms with Crippen molar-refractivity contribution in [3.05, 3.63) is 44.6 Å². The number of carboxylic acid groups (broad SMARTS) is 1. The summed E-state index contributed by atoms with van der Waals surface area (Å²) >= 11 is 7.26. The standard InChI is InChI=1S/C13H11ClN2O3S/c1-6-5-20-11(10(6)14)12(17)16-9-3-2-7(13(18)19)4-8(9)15/h2-5H,15H2,1H3,(H,16,17)(H,18,19). The Morgan fingerprint density at radius 1 is 1.40 bits per heavy atom. The summed E-state index contributed by atoms with van der Waals surface area (Å²) in [6.45, 7) is 1.81. The Morgan fingerprint density at radius 3 is 2.60 bits per heavy atom. The number of carbonyl (C=O) groups excluding carboxylic acids is 1. The van der Waals surface area contributed by atoms with E-state index >= 15 is 0 Å². The van der Waals surface area contributed by atoms with Crippen LogP contribution < -0.4 is 11.1 Å². The van der Waals surface area contributed by atoms with Gasteiger partial charge < -0.3 is 16.2 Å². The third-order valence-corrected chi connectivity index (χ3v) is 4.35. The van der Waals surface area contributed by atoms with Crippen LogP contribution in [0.2, 0.25) is 5.02 Å². The average Bonchev–Trinajstić information content (AvgIpc) is 2.72. The normalized spacial score (nSPS) is 10.3. The van der Waals surface area contributed by atoms with E-state index in [9.17, 15) is 9.59 Å². The average molecular weight is 311 g/mol. The van der Waals surface area contributed by atoms with Crippen molar-refractivity contribution in [1.82, 2.24) is 0 Å². The fourth-order valence-electron chi connectivity index (χ4n) is 1.57. The monoisotopic (exact) mass is 310 g/mol. The Morgan fingerprint density at radius 2 is 2.10 bits per heavy atom. The van der Waals surface area contributed by atoms with Crippen LogP contribution >= 0.6 is 22.9 Å².